The van der Waals surface area contributed by atoms with Crippen molar-refractivity contribution in [2.45, 2.75) is 57.4 Å². The lowest BCUT2D eigenvalue weighted by Gasteiger charge is -2.44. The molecular formula is C25H25F4N7O2. The van der Waals surface area contributed by atoms with Gasteiger partial charge in [-0.25, -0.2) is 19.3 Å². The number of alkyl halides is 3. The summed E-state index contributed by atoms with van der Waals surface area (Å²) in [6.07, 6.45) is -3.63. The molecule has 5 N–H and O–H groups in total. The van der Waals surface area contributed by atoms with Gasteiger partial charge in [-0.2, -0.15) is 13.2 Å². The molecule has 3 aliphatic rings. The third kappa shape index (κ3) is 3.33. The van der Waals surface area contributed by atoms with Crippen LogP contribution in [0.3, 0.4) is 0 Å². The number of halogens is 4. The van der Waals surface area contributed by atoms with Crippen LogP contribution in [0.1, 0.15) is 35.4 Å². The molecule has 200 valence electrons. The maximum atomic E-state index is 16.4. The SMILES string of the molecule is Cc1nc(N)cc(-c2nc3c4c(nc(C)c(C)c4c2F)N2C[C@@]4(C(N)=O)CC[C@H](N4)[C@H]2CO3)c1C(F)(F)F. The van der Waals surface area contributed by atoms with Crippen molar-refractivity contribution < 1.29 is 27.1 Å². The van der Waals surface area contributed by atoms with Gasteiger partial charge in [-0.05, 0) is 45.2 Å². The van der Waals surface area contributed by atoms with E-state index in [1.807, 2.05) is 4.90 Å². The van der Waals surface area contributed by atoms with Crippen molar-refractivity contribution in [2.75, 3.05) is 23.8 Å². The summed E-state index contributed by atoms with van der Waals surface area (Å²) < 4.78 is 64.8. The molecule has 0 unspecified atom stereocenters. The van der Waals surface area contributed by atoms with Crippen LogP contribution in [-0.4, -0.2) is 51.6 Å². The lowest BCUT2D eigenvalue weighted by Crippen LogP contribution is -2.69. The molecule has 6 heterocycles. The van der Waals surface area contributed by atoms with E-state index in [1.165, 1.54) is 6.92 Å². The Bertz CT molecular complexity index is 1540. The number of hydrogen-bond acceptors (Lipinski definition) is 8. The Morgan fingerprint density at radius 1 is 1.18 bits per heavy atom. The number of amides is 1. The minimum Gasteiger partial charge on any atom is -0.475 e. The number of piperazine rings is 1. The molecule has 2 saturated heterocycles. The fraction of sp³-hybridized carbons (Fsp3) is 0.440. The number of aryl methyl sites for hydroxylation is 3. The number of rotatable bonds is 2. The first-order valence-corrected chi connectivity index (χ1v) is 12.1. The number of aromatic nitrogens is 3. The van der Waals surface area contributed by atoms with E-state index in [9.17, 15) is 18.0 Å². The zero-order valence-corrected chi connectivity index (χ0v) is 20.8. The first-order chi connectivity index (χ1) is 17.8. The third-order valence-corrected chi connectivity index (χ3v) is 8.06. The van der Waals surface area contributed by atoms with Crippen LogP contribution in [0.2, 0.25) is 0 Å². The molecule has 2 fully saturated rings. The van der Waals surface area contributed by atoms with E-state index in [1.54, 1.807) is 13.8 Å². The number of nitrogens with zero attached hydrogens (tertiary/aromatic N) is 4. The number of nitrogens with one attached hydrogen (secondary N) is 1. The number of hydrogen-bond donors (Lipinski definition) is 3. The Labute approximate surface area is 214 Å². The summed E-state index contributed by atoms with van der Waals surface area (Å²) in [6.45, 7) is 4.79. The number of nitrogen functional groups attached to an aromatic ring is 1. The van der Waals surface area contributed by atoms with Gasteiger partial charge in [0.1, 0.15) is 29.5 Å². The summed E-state index contributed by atoms with van der Waals surface area (Å²) in [5.74, 6) is -1.32. The van der Waals surface area contributed by atoms with Crippen LogP contribution >= 0.6 is 0 Å². The standard InChI is InChI=1S/C25H25F4N7O2/c1-9-10(2)33-21-17-16(9)19(26)20(12-6-15(30)32-11(3)18(12)25(27,28)29)34-22(17)38-7-14-13-4-5-24(35-13,23(31)37)8-36(14)21/h6,13-14,35H,4-5,7-8H2,1-3H3,(H2,30,32)(H2,31,37)/t13-,14+,24+/m0/s1. The molecule has 0 saturated carbocycles. The van der Waals surface area contributed by atoms with Crippen molar-refractivity contribution in [3.8, 4) is 17.1 Å². The Balaban J connectivity index is 1.65. The normalized spacial score (nSPS) is 24.2. The lowest BCUT2D eigenvalue weighted by molar-refractivity contribution is -0.137. The van der Waals surface area contributed by atoms with Crippen molar-refractivity contribution in [1.29, 1.82) is 0 Å². The highest BCUT2D eigenvalue weighted by Crippen LogP contribution is 2.47. The maximum Gasteiger partial charge on any atom is 0.418 e. The van der Waals surface area contributed by atoms with Crippen LogP contribution in [0.25, 0.3) is 22.0 Å². The van der Waals surface area contributed by atoms with E-state index in [-0.39, 0.29) is 53.4 Å². The van der Waals surface area contributed by atoms with Crippen LogP contribution in [-0.2, 0) is 11.0 Å². The minimum atomic E-state index is -4.83. The number of nitrogens with two attached hydrogens (primary N) is 2. The number of carbonyl (C=O) groups is 1. The Morgan fingerprint density at radius 2 is 1.92 bits per heavy atom. The van der Waals surface area contributed by atoms with Crippen LogP contribution in [0, 0.1) is 26.6 Å². The molecule has 0 radical (unpaired) electrons. The Morgan fingerprint density at radius 3 is 2.61 bits per heavy atom. The summed E-state index contributed by atoms with van der Waals surface area (Å²) in [6, 6.07) is 0.532. The topological polar surface area (TPSA) is 132 Å². The summed E-state index contributed by atoms with van der Waals surface area (Å²) in [5.41, 5.74) is 8.93. The average molecular weight is 532 g/mol. The number of primary amides is 1. The molecular weight excluding hydrogens is 506 g/mol. The Kier molecular flexibility index (Phi) is 5.10. The zero-order chi connectivity index (χ0) is 27.3. The highest BCUT2D eigenvalue weighted by Gasteiger charge is 2.54. The second kappa shape index (κ2) is 7.88. The van der Waals surface area contributed by atoms with Gasteiger partial charge >= 0.3 is 6.18 Å². The molecule has 1 amide bonds. The third-order valence-electron chi connectivity index (χ3n) is 8.06. The van der Waals surface area contributed by atoms with Gasteiger partial charge in [0, 0.05) is 29.2 Å². The maximum absolute atomic E-state index is 16.4. The number of anilines is 2. The van der Waals surface area contributed by atoms with Crippen molar-refractivity contribution in [2.24, 2.45) is 5.73 Å². The molecule has 3 aromatic rings. The van der Waals surface area contributed by atoms with Crippen LogP contribution in [0.15, 0.2) is 6.07 Å². The molecule has 2 bridgehead atoms. The summed E-state index contributed by atoms with van der Waals surface area (Å²) in [7, 11) is 0. The summed E-state index contributed by atoms with van der Waals surface area (Å²) >= 11 is 0. The van der Waals surface area contributed by atoms with Gasteiger partial charge in [0.15, 0.2) is 5.82 Å². The minimum absolute atomic E-state index is 0.0402. The van der Waals surface area contributed by atoms with E-state index in [0.717, 1.165) is 6.07 Å². The van der Waals surface area contributed by atoms with Gasteiger partial charge in [-0.3, -0.25) is 10.1 Å². The van der Waals surface area contributed by atoms with E-state index in [2.05, 4.69) is 15.3 Å². The molecule has 6 rings (SSSR count). The second-order valence-corrected chi connectivity index (χ2v) is 10.3. The predicted molar refractivity (Wildman–Crippen MR) is 131 cm³/mol. The van der Waals surface area contributed by atoms with Gasteiger partial charge in [0.25, 0.3) is 0 Å². The average Bonchev–Trinajstić information content (AvgIpc) is 3.11. The molecule has 38 heavy (non-hydrogen) atoms. The number of pyridine rings is 3. The summed E-state index contributed by atoms with van der Waals surface area (Å²) in [5, 5.41) is 3.63. The molecule has 3 atom stereocenters. The monoisotopic (exact) mass is 531 g/mol. The Hall–Kier alpha value is -3.74. The quantitative estimate of drug-likeness (QED) is 0.430. The fourth-order valence-corrected chi connectivity index (χ4v) is 6.13. The van der Waals surface area contributed by atoms with Gasteiger partial charge in [-0.1, -0.05) is 0 Å². The highest BCUT2D eigenvalue weighted by atomic mass is 19.4. The molecule has 0 aliphatic carbocycles. The lowest BCUT2D eigenvalue weighted by atomic mass is 9.94. The van der Waals surface area contributed by atoms with E-state index < -0.39 is 40.3 Å². The van der Waals surface area contributed by atoms with Crippen LogP contribution < -0.4 is 26.4 Å². The van der Waals surface area contributed by atoms with Gasteiger partial charge in [0.2, 0.25) is 11.8 Å². The molecule has 0 aromatic carbocycles. The molecule has 3 aromatic heterocycles. The second-order valence-electron chi connectivity index (χ2n) is 10.3. The first kappa shape index (κ1) is 24.6. The molecule has 13 heteroatoms. The first-order valence-electron chi connectivity index (χ1n) is 12.1. The molecule has 3 aliphatic heterocycles. The smallest absolute Gasteiger partial charge is 0.418 e. The zero-order valence-electron chi connectivity index (χ0n) is 20.8. The number of ether oxygens (including phenoxy) is 1. The highest BCUT2D eigenvalue weighted by molar-refractivity contribution is 6.02. The largest absolute Gasteiger partial charge is 0.475 e. The number of carbonyl (C=O) groups excluding carboxylic acids is 1. The van der Waals surface area contributed by atoms with Crippen LogP contribution in [0.5, 0.6) is 5.88 Å². The predicted octanol–water partition coefficient (Wildman–Crippen LogP) is 2.91. The fourth-order valence-electron chi connectivity index (χ4n) is 6.13. The summed E-state index contributed by atoms with van der Waals surface area (Å²) in [4.78, 5) is 27.1. The molecule has 9 nitrogen and oxygen atoms in total. The van der Waals surface area contributed by atoms with Crippen molar-refractivity contribution in [3.63, 3.8) is 0 Å². The van der Waals surface area contributed by atoms with Crippen molar-refractivity contribution in [1.82, 2.24) is 20.3 Å². The van der Waals surface area contributed by atoms with E-state index >= 15 is 4.39 Å². The number of fused-ring (bicyclic) bond motifs is 5. The van der Waals surface area contributed by atoms with Gasteiger partial charge in [0.05, 0.1) is 22.7 Å². The van der Waals surface area contributed by atoms with E-state index in [0.29, 0.717) is 29.9 Å². The van der Waals surface area contributed by atoms with E-state index in [4.69, 9.17) is 21.2 Å². The van der Waals surface area contributed by atoms with Crippen LogP contribution in [0.4, 0.5) is 29.2 Å². The van der Waals surface area contributed by atoms with Gasteiger partial charge < -0.3 is 21.1 Å². The van der Waals surface area contributed by atoms with Crippen molar-refractivity contribution in [3.05, 3.63) is 34.4 Å². The molecule has 0 spiro atoms. The van der Waals surface area contributed by atoms with Crippen molar-refractivity contribution >= 4 is 28.3 Å². The van der Waals surface area contributed by atoms with Gasteiger partial charge in [-0.15, -0.1) is 0 Å².